The first-order valence-electron chi connectivity index (χ1n) is 7.29. The molecule has 0 N–H and O–H groups in total. The zero-order valence-corrected chi connectivity index (χ0v) is 12.8. The Morgan fingerprint density at radius 1 is 1.29 bits per heavy atom. The highest BCUT2D eigenvalue weighted by Gasteiger charge is 2.42. The van der Waals surface area contributed by atoms with Crippen LogP contribution in [0.25, 0.3) is 0 Å². The molecule has 0 aliphatic carbocycles. The van der Waals surface area contributed by atoms with Gasteiger partial charge in [0.25, 0.3) is 5.91 Å². The second kappa shape index (κ2) is 5.02. The van der Waals surface area contributed by atoms with Crippen LogP contribution in [0.4, 0.5) is 0 Å². The number of nitrogens with zero attached hydrogens (tertiary/aromatic N) is 3. The van der Waals surface area contributed by atoms with Gasteiger partial charge in [-0.15, -0.1) is 0 Å². The maximum atomic E-state index is 12.7. The van der Waals surface area contributed by atoms with Crippen molar-refractivity contribution in [2.75, 3.05) is 13.1 Å². The Morgan fingerprint density at radius 3 is 2.62 bits per heavy atom. The summed E-state index contributed by atoms with van der Waals surface area (Å²) in [7, 11) is 1.86. The molecule has 4 heteroatoms. The summed E-state index contributed by atoms with van der Waals surface area (Å²) in [5.41, 5.74) is 2.04. The first kappa shape index (κ1) is 13.9. The molecule has 0 bridgehead atoms. The predicted octanol–water partition coefficient (Wildman–Crippen LogP) is 2.69. The van der Waals surface area contributed by atoms with Crippen LogP contribution in [0, 0.1) is 5.41 Å². The molecule has 1 saturated heterocycles. The zero-order chi connectivity index (χ0) is 15.0. The molecular weight excluding hydrogens is 262 g/mol. The SMILES string of the molecule is Cn1cncc1C(=O)N1CC(c2ccccc2)C(C)(C)C1. The number of carbonyl (C=O) groups excluding carboxylic acids is 1. The number of aryl methyl sites for hydroxylation is 1. The number of carbonyl (C=O) groups is 1. The maximum Gasteiger partial charge on any atom is 0.272 e. The van der Waals surface area contributed by atoms with Crippen LogP contribution in [0.5, 0.6) is 0 Å². The molecule has 4 nitrogen and oxygen atoms in total. The minimum absolute atomic E-state index is 0.0708. The third-order valence-electron chi connectivity index (χ3n) is 4.47. The lowest BCUT2D eigenvalue weighted by Crippen LogP contribution is -2.31. The number of rotatable bonds is 2. The van der Waals surface area contributed by atoms with E-state index in [1.165, 1.54) is 5.56 Å². The Balaban J connectivity index is 1.85. The summed E-state index contributed by atoms with van der Waals surface area (Å²) < 4.78 is 1.78. The molecule has 0 saturated carbocycles. The third kappa shape index (κ3) is 2.46. The van der Waals surface area contributed by atoms with Crippen LogP contribution in [-0.4, -0.2) is 33.4 Å². The molecule has 1 aliphatic heterocycles. The highest BCUT2D eigenvalue weighted by atomic mass is 16.2. The van der Waals surface area contributed by atoms with Gasteiger partial charge in [-0.05, 0) is 11.0 Å². The van der Waals surface area contributed by atoms with Crippen molar-refractivity contribution in [3.05, 3.63) is 54.1 Å². The number of hydrogen-bond acceptors (Lipinski definition) is 2. The molecule has 110 valence electrons. The molecule has 21 heavy (non-hydrogen) atoms. The van der Waals surface area contributed by atoms with Gasteiger partial charge in [-0.1, -0.05) is 44.2 Å². The van der Waals surface area contributed by atoms with Crippen LogP contribution >= 0.6 is 0 Å². The lowest BCUT2D eigenvalue weighted by molar-refractivity contribution is 0.0768. The molecule has 2 heterocycles. The van der Waals surface area contributed by atoms with E-state index in [-0.39, 0.29) is 11.3 Å². The summed E-state index contributed by atoms with van der Waals surface area (Å²) in [4.78, 5) is 18.7. The quantitative estimate of drug-likeness (QED) is 0.850. The van der Waals surface area contributed by atoms with E-state index in [1.54, 1.807) is 17.1 Å². The minimum Gasteiger partial charge on any atom is -0.336 e. The van der Waals surface area contributed by atoms with Crippen LogP contribution in [0.2, 0.25) is 0 Å². The molecule has 2 aromatic rings. The maximum absolute atomic E-state index is 12.7. The first-order chi connectivity index (χ1) is 9.99. The number of benzene rings is 1. The number of imidazole rings is 1. The van der Waals surface area contributed by atoms with Gasteiger partial charge in [0.15, 0.2) is 0 Å². The highest BCUT2D eigenvalue weighted by molar-refractivity contribution is 5.92. The van der Waals surface area contributed by atoms with Crippen LogP contribution in [0.15, 0.2) is 42.9 Å². The zero-order valence-electron chi connectivity index (χ0n) is 12.8. The number of hydrogen-bond donors (Lipinski definition) is 0. The standard InChI is InChI=1S/C17H21N3O/c1-17(2)11-20(16(21)15-9-18-12-19(15)3)10-14(17)13-7-5-4-6-8-13/h4-9,12,14H,10-11H2,1-3H3. The van der Waals surface area contributed by atoms with Crippen molar-refractivity contribution < 1.29 is 4.79 Å². The van der Waals surface area contributed by atoms with Crippen LogP contribution in [-0.2, 0) is 7.05 Å². The second-order valence-corrected chi connectivity index (χ2v) is 6.53. The van der Waals surface area contributed by atoms with Crippen molar-refractivity contribution in [2.45, 2.75) is 19.8 Å². The van der Waals surface area contributed by atoms with E-state index in [0.29, 0.717) is 11.6 Å². The van der Waals surface area contributed by atoms with Gasteiger partial charge in [-0.3, -0.25) is 4.79 Å². The summed E-state index contributed by atoms with van der Waals surface area (Å²) in [6.07, 6.45) is 3.31. The lowest BCUT2D eigenvalue weighted by atomic mass is 9.78. The summed E-state index contributed by atoms with van der Waals surface area (Å²) >= 11 is 0. The van der Waals surface area contributed by atoms with Crippen molar-refractivity contribution in [2.24, 2.45) is 12.5 Å². The Morgan fingerprint density at radius 2 is 2.00 bits per heavy atom. The van der Waals surface area contributed by atoms with Crippen molar-refractivity contribution in [3.63, 3.8) is 0 Å². The first-order valence-corrected chi connectivity index (χ1v) is 7.29. The van der Waals surface area contributed by atoms with Crippen molar-refractivity contribution in [1.82, 2.24) is 14.5 Å². The van der Waals surface area contributed by atoms with E-state index < -0.39 is 0 Å². The smallest absolute Gasteiger partial charge is 0.272 e. The molecule has 0 radical (unpaired) electrons. The average molecular weight is 283 g/mol. The lowest BCUT2D eigenvalue weighted by Gasteiger charge is -2.25. The fourth-order valence-corrected chi connectivity index (χ4v) is 3.26. The molecule has 1 unspecified atom stereocenters. The van der Waals surface area contributed by atoms with Gasteiger partial charge >= 0.3 is 0 Å². The average Bonchev–Trinajstić information content (AvgIpc) is 3.02. The number of likely N-dealkylation sites (tertiary alicyclic amines) is 1. The van der Waals surface area contributed by atoms with Gasteiger partial charge < -0.3 is 9.47 Å². The minimum atomic E-state index is 0.0708. The molecule has 1 atom stereocenters. The van der Waals surface area contributed by atoms with Crippen LogP contribution < -0.4 is 0 Å². The van der Waals surface area contributed by atoms with Crippen LogP contribution in [0.1, 0.15) is 35.8 Å². The molecule has 1 amide bonds. The number of aromatic nitrogens is 2. The summed E-state index contributed by atoms with van der Waals surface area (Å²) in [6, 6.07) is 10.5. The predicted molar refractivity (Wildman–Crippen MR) is 82.1 cm³/mol. The van der Waals surface area contributed by atoms with Crippen molar-refractivity contribution in [3.8, 4) is 0 Å². The fraction of sp³-hybridized carbons (Fsp3) is 0.412. The molecule has 1 aliphatic rings. The Labute approximate surface area is 125 Å². The molecule has 0 spiro atoms. The molecule has 1 aromatic heterocycles. The van der Waals surface area contributed by atoms with Crippen molar-refractivity contribution >= 4 is 5.91 Å². The summed E-state index contributed by atoms with van der Waals surface area (Å²) in [6.45, 7) is 6.01. The van der Waals surface area contributed by atoms with E-state index in [4.69, 9.17) is 0 Å². The Hall–Kier alpha value is -2.10. The molecule has 3 rings (SSSR count). The van der Waals surface area contributed by atoms with E-state index in [9.17, 15) is 4.79 Å². The van der Waals surface area contributed by atoms with Gasteiger partial charge in [-0.25, -0.2) is 4.98 Å². The van der Waals surface area contributed by atoms with Gasteiger partial charge in [-0.2, -0.15) is 0 Å². The van der Waals surface area contributed by atoms with E-state index in [2.05, 4.69) is 43.1 Å². The summed E-state index contributed by atoms with van der Waals surface area (Å²) in [5, 5.41) is 0. The van der Waals surface area contributed by atoms with Gasteiger partial charge in [0.05, 0.1) is 12.5 Å². The van der Waals surface area contributed by atoms with E-state index in [0.717, 1.165) is 13.1 Å². The topological polar surface area (TPSA) is 38.1 Å². The van der Waals surface area contributed by atoms with Gasteiger partial charge in [0.1, 0.15) is 5.69 Å². The second-order valence-electron chi connectivity index (χ2n) is 6.53. The fourth-order valence-electron chi connectivity index (χ4n) is 3.26. The Bertz CT molecular complexity index is 645. The third-order valence-corrected chi connectivity index (χ3v) is 4.47. The normalized spacial score (nSPS) is 20.7. The number of amides is 1. The molecule has 1 fully saturated rings. The van der Waals surface area contributed by atoms with Crippen LogP contribution in [0.3, 0.4) is 0 Å². The van der Waals surface area contributed by atoms with Gasteiger partial charge in [0, 0.05) is 26.1 Å². The van der Waals surface area contributed by atoms with E-state index in [1.807, 2.05) is 18.0 Å². The highest BCUT2D eigenvalue weighted by Crippen LogP contribution is 2.42. The largest absolute Gasteiger partial charge is 0.336 e. The molecular formula is C17H21N3O. The van der Waals surface area contributed by atoms with Gasteiger partial charge in [0.2, 0.25) is 0 Å². The monoisotopic (exact) mass is 283 g/mol. The molecule has 1 aromatic carbocycles. The van der Waals surface area contributed by atoms with E-state index >= 15 is 0 Å². The summed E-state index contributed by atoms with van der Waals surface area (Å²) in [5.74, 6) is 0.442. The Kier molecular flexibility index (Phi) is 3.32. The van der Waals surface area contributed by atoms with Crippen molar-refractivity contribution in [1.29, 1.82) is 0 Å².